The van der Waals surface area contributed by atoms with Crippen molar-refractivity contribution in [3.63, 3.8) is 0 Å². The second kappa shape index (κ2) is 5.06. The van der Waals surface area contributed by atoms with Crippen LogP contribution in [0.15, 0.2) is 33.9 Å². The molecule has 0 saturated heterocycles. The van der Waals surface area contributed by atoms with Crippen LogP contribution in [0.5, 0.6) is 0 Å². The van der Waals surface area contributed by atoms with E-state index < -0.39 is 0 Å². The van der Waals surface area contributed by atoms with Crippen molar-refractivity contribution in [3.8, 4) is 0 Å². The number of thioether (sulfide) groups is 1. The van der Waals surface area contributed by atoms with Gasteiger partial charge in [-0.1, -0.05) is 47.6 Å². The summed E-state index contributed by atoms with van der Waals surface area (Å²) in [7, 11) is 2.10. The summed E-state index contributed by atoms with van der Waals surface area (Å²) < 4.78 is 5.72. The molecule has 0 aliphatic heterocycles. The van der Waals surface area contributed by atoms with Gasteiger partial charge in [0.1, 0.15) is 13.2 Å². The first-order chi connectivity index (χ1) is 8.81. The highest BCUT2D eigenvalue weighted by Crippen LogP contribution is 2.18. The van der Waals surface area contributed by atoms with Gasteiger partial charge < -0.3 is 4.42 Å². The number of rotatable bonds is 3. The lowest BCUT2D eigenvalue weighted by molar-refractivity contribution is 0.427. The van der Waals surface area contributed by atoms with E-state index in [4.69, 9.17) is 4.42 Å². The second-order valence-electron chi connectivity index (χ2n) is 4.49. The van der Waals surface area contributed by atoms with E-state index in [0.29, 0.717) is 0 Å². The van der Waals surface area contributed by atoms with Crippen LogP contribution >= 0.6 is 11.8 Å². The zero-order valence-corrected chi connectivity index (χ0v) is 11.2. The predicted octanol–water partition coefficient (Wildman–Crippen LogP) is 0.580. The van der Waals surface area contributed by atoms with Gasteiger partial charge in [0.2, 0.25) is 0 Å². The van der Waals surface area contributed by atoms with Gasteiger partial charge in [0.05, 0.1) is 0 Å². The van der Waals surface area contributed by atoms with Gasteiger partial charge in [-0.05, 0) is 24.5 Å². The Hall–Kier alpha value is -1.42. The fraction of sp³-hybridized carbons (Fsp3) is 0.214. The van der Waals surface area contributed by atoms with Crippen LogP contribution in [0.2, 0.25) is 0 Å². The lowest BCUT2D eigenvalue weighted by Crippen LogP contribution is -2.23. The molecule has 3 rings (SSSR count). The van der Waals surface area contributed by atoms with Crippen LogP contribution in [0.3, 0.4) is 0 Å². The lowest BCUT2D eigenvalue weighted by Gasteiger charge is -1.98. The minimum Gasteiger partial charge on any atom is -0.432 e. The highest BCUT2D eigenvalue weighted by Gasteiger charge is 2.05. The van der Waals surface area contributed by atoms with Gasteiger partial charge in [-0.3, -0.25) is 0 Å². The first kappa shape index (κ1) is 11.7. The van der Waals surface area contributed by atoms with Crippen molar-refractivity contribution in [1.29, 1.82) is 0 Å². The third-order valence-electron chi connectivity index (χ3n) is 2.98. The quantitative estimate of drug-likeness (QED) is 0.592. The summed E-state index contributed by atoms with van der Waals surface area (Å²) in [5, 5.41) is 1.78. The summed E-state index contributed by atoms with van der Waals surface area (Å²) >= 11 is 1.66. The van der Waals surface area contributed by atoms with Crippen molar-refractivity contribution in [1.82, 2.24) is 4.98 Å². The largest absolute Gasteiger partial charge is 0.432 e. The normalized spacial score (nSPS) is 13.6. The van der Waals surface area contributed by atoms with E-state index in [1.807, 2.05) is 0 Å². The average molecular weight is 255 g/mol. The summed E-state index contributed by atoms with van der Waals surface area (Å²) in [6.07, 6.45) is 6.40. The molecule has 0 radical (unpaired) electrons. The van der Waals surface area contributed by atoms with Crippen molar-refractivity contribution in [2.24, 2.45) is 0 Å². The van der Waals surface area contributed by atoms with Gasteiger partial charge in [-0.25, -0.2) is 4.98 Å². The fourth-order valence-corrected chi connectivity index (χ4v) is 2.73. The molecule has 0 N–H and O–H groups in total. The monoisotopic (exact) mass is 255 g/mol. The lowest BCUT2D eigenvalue weighted by atomic mass is 9.96. The Morgan fingerprint density at radius 3 is 2.72 bits per heavy atom. The number of nitrogens with zero attached hydrogens (tertiary/aromatic N) is 1. The molecule has 0 spiro atoms. The highest BCUT2D eigenvalue weighted by atomic mass is 32.2. The molecule has 1 heterocycles. The van der Waals surface area contributed by atoms with Gasteiger partial charge >= 0.3 is 0 Å². The molecule has 18 heavy (non-hydrogen) atoms. The van der Waals surface area contributed by atoms with Gasteiger partial charge in [0.15, 0.2) is 5.42 Å². The summed E-state index contributed by atoms with van der Waals surface area (Å²) in [5.74, 6) is 0.902. The van der Waals surface area contributed by atoms with Crippen LogP contribution in [0.4, 0.5) is 0 Å². The standard InChI is InChI=1S/C14H14BNOS/c15-11-7-5-10(6-8-11)9-18-14-16-12-3-1-2-4-13(12)17-14/h3-8H,1-2,9,15H2. The molecule has 90 valence electrons. The van der Waals surface area contributed by atoms with Gasteiger partial charge in [0.25, 0.3) is 5.22 Å². The van der Waals surface area contributed by atoms with Crippen molar-refractivity contribution >= 4 is 37.2 Å². The molecule has 2 aromatic rings. The SMILES string of the molecule is Bc1ccc(CSc2nc3c(o2)=CCCC=3)cc1. The van der Waals surface area contributed by atoms with Crippen LogP contribution in [0, 0.1) is 0 Å². The highest BCUT2D eigenvalue weighted by molar-refractivity contribution is 7.98. The molecule has 2 nitrogen and oxygen atoms in total. The molecule has 1 aliphatic carbocycles. The summed E-state index contributed by atoms with van der Waals surface area (Å²) in [5.41, 5.74) is 3.53. The topological polar surface area (TPSA) is 26.0 Å². The van der Waals surface area contributed by atoms with E-state index in [-0.39, 0.29) is 0 Å². The van der Waals surface area contributed by atoms with Crippen LogP contribution in [0.25, 0.3) is 12.2 Å². The molecule has 0 amide bonds. The second-order valence-corrected chi connectivity index (χ2v) is 5.42. The zero-order valence-electron chi connectivity index (χ0n) is 10.3. The summed E-state index contributed by atoms with van der Waals surface area (Å²) in [6.45, 7) is 0. The maximum Gasteiger partial charge on any atom is 0.257 e. The molecular weight excluding hydrogens is 241 g/mol. The Kier molecular flexibility index (Phi) is 3.28. The van der Waals surface area contributed by atoms with Crippen molar-refractivity contribution in [3.05, 3.63) is 40.6 Å². The average Bonchev–Trinajstić information content (AvgIpc) is 2.81. The Labute approximate surface area is 111 Å². The van der Waals surface area contributed by atoms with E-state index >= 15 is 0 Å². The number of oxazole rings is 1. The smallest absolute Gasteiger partial charge is 0.257 e. The van der Waals surface area contributed by atoms with Crippen LogP contribution in [-0.4, -0.2) is 12.8 Å². The minimum atomic E-state index is 0.773. The Bertz CT molecular complexity index is 627. The maximum absolute atomic E-state index is 5.72. The van der Waals surface area contributed by atoms with E-state index in [0.717, 1.165) is 34.6 Å². The van der Waals surface area contributed by atoms with Gasteiger partial charge in [0, 0.05) is 5.75 Å². The van der Waals surface area contributed by atoms with Crippen LogP contribution in [-0.2, 0) is 5.75 Å². The van der Waals surface area contributed by atoms with Gasteiger partial charge in [-0.15, -0.1) is 0 Å². The molecule has 0 saturated carbocycles. The molecule has 0 atom stereocenters. The Balaban J connectivity index is 1.74. The Morgan fingerprint density at radius 1 is 1.17 bits per heavy atom. The Morgan fingerprint density at radius 2 is 1.94 bits per heavy atom. The van der Waals surface area contributed by atoms with Crippen LogP contribution in [0.1, 0.15) is 18.4 Å². The molecule has 1 aromatic carbocycles. The number of hydrogen-bond acceptors (Lipinski definition) is 3. The van der Waals surface area contributed by atoms with Crippen molar-refractivity contribution in [2.75, 3.05) is 0 Å². The maximum atomic E-state index is 5.72. The minimum absolute atomic E-state index is 0.773. The van der Waals surface area contributed by atoms with E-state index in [1.165, 1.54) is 11.0 Å². The van der Waals surface area contributed by atoms with Crippen molar-refractivity contribution < 1.29 is 4.42 Å². The fourth-order valence-electron chi connectivity index (χ4n) is 1.94. The molecule has 1 aromatic heterocycles. The third kappa shape index (κ3) is 2.54. The van der Waals surface area contributed by atoms with Crippen LogP contribution < -0.4 is 16.2 Å². The summed E-state index contributed by atoms with van der Waals surface area (Å²) in [6, 6.07) is 8.59. The molecule has 0 bridgehead atoms. The summed E-state index contributed by atoms with van der Waals surface area (Å²) in [4.78, 5) is 4.49. The molecule has 4 heteroatoms. The van der Waals surface area contributed by atoms with E-state index in [9.17, 15) is 0 Å². The zero-order chi connectivity index (χ0) is 12.4. The number of hydrogen-bond donors (Lipinski definition) is 0. The number of fused-ring (bicyclic) bond motifs is 1. The van der Waals surface area contributed by atoms with E-state index in [2.05, 4.69) is 49.2 Å². The first-order valence-corrected chi connectivity index (χ1v) is 7.15. The molecule has 0 fully saturated rings. The molecular formula is C14H14BNOS. The number of aromatic nitrogens is 1. The van der Waals surface area contributed by atoms with E-state index in [1.54, 1.807) is 11.8 Å². The third-order valence-corrected chi connectivity index (χ3v) is 3.88. The first-order valence-electron chi connectivity index (χ1n) is 6.17. The number of benzene rings is 1. The molecule has 1 aliphatic rings. The van der Waals surface area contributed by atoms with Crippen molar-refractivity contribution in [2.45, 2.75) is 23.8 Å². The molecule has 0 unspecified atom stereocenters. The predicted molar refractivity (Wildman–Crippen MR) is 78.1 cm³/mol. The van der Waals surface area contributed by atoms with Gasteiger partial charge in [-0.2, -0.15) is 0 Å².